The number of rotatable bonds is 6. The summed E-state index contributed by atoms with van der Waals surface area (Å²) in [5.41, 5.74) is 2.07. The molecule has 0 spiro atoms. The number of esters is 1. The van der Waals surface area contributed by atoms with Crippen molar-refractivity contribution in [2.45, 2.75) is 60.5 Å². The van der Waals surface area contributed by atoms with E-state index in [1.165, 1.54) is 5.57 Å². The van der Waals surface area contributed by atoms with Crippen molar-refractivity contribution in [1.29, 1.82) is 0 Å². The molecule has 0 bridgehead atoms. The average molecular weight is 341 g/mol. The highest BCUT2D eigenvalue weighted by Gasteiger charge is 2.35. The maximum absolute atomic E-state index is 12.4. The van der Waals surface area contributed by atoms with Crippen LogP contribution >= 0.6 is 0 Å². The SMILES string of the molecule is CC[C@@H](OC(=O)c1ccccc1)C(C)(C)/C=C/[C@@H]1CC=C(C)C1(C)C. The molecule has 136 valence electrons. The van der Waals surface area contributed by atoms with E-state index in [9.17, 15) is 4.79 Å². The topological polar surface area (TPSA) is 26.3 Å². The van der Waals surface area contributed by atoms with Gasteiger partial charge in [0.25, 0.3) is 0 Å². The van der Waals surface area contributed by atoms with Crippen LogP contribution in [0.25, 0.3) is 0 Å². The summed E-state index contributed by atoms with van der Waals surface area (Å²) in [7, 11) is 0. The van der Waals surface area contributed by atoms with Crippen LogP contribution in [0.3, 0.4) is 0 Å². The molecule has 0 saturated heterocycles. The predicted octanol–water partition coefficient (Wildman–Crippen LogP) is 6.20. The lowest BCUT2D eigenvalue weighted by molar-refractivity contribution is 0.00309. The smallest absolute Gasteiger partial charge is 0.338 e. The third-order valence-electron chi connectivity index (χ3n) is 5.84. The fraction of sp³-hybridized carbons (Fsp3) is 0.522. The molecule has 1 aromatic carbocycles. The molecule has 1 aromatic rings. The first-order chi connectivity index (χ1) is 11.7. The largest absolute Gasteiger partial charge is 0.458 e. The van der Waals surface area contributed by atoms with Crippen molar-refractivity contribution < 1.29 is 9.53 Å². The highest BCUT2D eigenvalue weighted by molar-refractivity contribution is 5.89. The predicted molar refractivity (Wildman–Crippen MR) is 105 cm³/mol. The molecule has 0 aliphatic heterocycles. The minimum atomic E-state index is -0.243. The summed E-state index contributed by atoms with van der Waals surface area (Å²) < 4.78 is 5.84. The number of ether oxygens (including phenoxy) is 1. The second-order valence-corrected chi connectivity index (χ2v) is 8.30. The van der Waals surface area contributed by atoms with Gasteiger partial charge in [0.2, 0.25) is 0 Å². The Balaban J connectivity index is 2.08. The van der Waals surface area contributed by atoms with Crippen molar-refractivity contribution in [3.05, 3.63) is 59.7 Å². The zero-order valence-electron chi connectivity index (χ0n) is 16.5. The Morgan fingerprint density at radius 2 is 1.96 bits per heavy atom. The summed E-state index contributed by atoms with van der Waals surface area (Å²) in [6, 6.07) is 9.22. The van der Waals surface area contributed by atoms with Gasteiger partial charge in [0.1, 0.15) is 6.10 Å². The van der Waals surface area contributed by atoms with Crippen molar-refractivity contribution in [3.8, 4) is 0 Å². The van der Waals surface area contributed by atoms with Gasteiger partial charge in [0.05, 0.1) is 5.56 Å². The van der Waals surface area contributed by atoms with Gasteiger partial charge in [-0.25, -0.2) is 4.79 Å². The molecule has 0 radical (unpaired) electrons. The van der Waals surface area contributed by atoms with Gasteiger partial charge in [0.15, 0.2) is 0 Å². The molecule has 0 fully saturated rings. The molecule has 2 nitrogen and oxygen atoms in total. The fourth-order valence-corrected chi connectivity index (χ4v) is 3.48. The summed E-state index contributed by atoms with van der Waals surface area (Å²) in [4.78, 5) is 12.4. The quantitative estimate of drug-likeness (QED) is 0.455. The summed E-state index contributed by atoms with van der Waals surface area (Å²) in [6.07, 6.45) is 8.65. The Morgan fingerprint density at radius 1 is 1.32 bits per heavy atom. The van der Waals surface area contributed by atoms with Gasteiger partial charge in [-0.2, -0.15) is 0 Å². The lowest BCUT2D eigenvalue weighted by Crippen LogP contribution is -2.32. The maximum atomic E-state index is 12.4. The molecule has 1 aliphatic rings. The summed E-state index contributed by atoms with van der Waals surface area (Å²) >= 11 is 0. The Bertz CT molecular complexity index is 650. The van der Waals surface area contributed by atoms with Crippen molar-refractivity contribution in [2.24, 2.45) is 16.7 Å². The lowest BCUT2D eigenvalue weighted by Gasteiger charge is -2.32. The van der Waals surface area contributed by atoms with Crippen LogP contribution in [0.15, 0.2) is 54.1 Å². The molecule has 0 heterocycles. The Labute approximate surface area is 153 Å². The van der Waals surface area contributed by atoms with Gasteiger partial charge >= 0.3 is 5.97 Å². The normalized spacial score (nSPS) is 21.2. The van der Waals surface area contributed by atoms with E-state index in [2.05, 4.69) is 59.8 Å². The highest BCUT2D eigenvalue weighted by Crippen LogP contribution is 2.44. The minimum absolute atomic E-state index is 0.143. The van der Waals surface area contributed by atoms with E-state index in [0.717, 1.165) is 12.8 Å². The van der Waals surface area contributed by atoms with E-state index in [1.807, 2.05) is 18.2 Å². The number of hydrogen-bond donors (Lipinski definition) is 0. The van der Waals surface area contributed by atoms with Gasteiger partial charge in [-0.3, -0.25) is 0 Å². The van der Waals surface area contributed by atoms with E-state index < -0.39 is 0 Å². The summed E-state index contributed by atoms with van der Waals surface area (Å²) in [6.45, 7) is 13.2. The van der Waals surface area contributed by atoms with Crippen LogP contribution in [0.4, 0.5) is 0 Å². The van der Waals surface area contributed by atoms with Gasteiger partial charge < -0.3 is 4.74 Å². The molecule has 1 aliphatic carbocycles. The van der Waals surface area contributed by atoms with Crippen molar-refractivity contribution in [2.75, 3.05) is 0 Å². The van der Waals surface area contributed by atoms with Crippen LogP contribution < -0.4 is 0 Å². The van der Waals surface area contributed by atoms with Crippen molar-refractivity contribution >= 4 is 5.97 Å². The molecule has 0 amide bonds. The molecule has 0 N–H and O–H groups in total. The van der Waals surface area contributed by atoms with Crippen LogP contribution in [0, 0.1) is 16.7 Å². The zero-order chi connectivity index (χ0) is 18.7. The molecule has 2 atom stereocenters. The second-order valence-electron chi connectivity index (χ2n) is 8.30. The van der Waals surface area contributed by atoms with Gasteiger partial charge in [0, 0.05) is 5.41 Å². The number of benzene rings is 1. The van der Waals surface area contributed by atoms with Gasteiger partial charge in [-0.1, -0.05) is 76.6 Å². The number of carbonyl (C=O) groups is 1. The number of allylic oxidation sites excluding steroid dienone is 3. The number of carbonyl (C=O) groups excluding carboxylic acids is 1. The first-order valence-corrected chi connectivity index (χ1v) is 9.31. The summed E-state index contributed by atoms with van der Waals surface area (Å²) in [5, 5.41) is 0. The zero-order valence-corrected chi connectivity index (χ0v) is 16.5. The van der Waals surface area contributed by atoms with E-state index in [0.29, 0.717) is 11.5 Å². The molecule has 2 rings (SSSR count). The second kappa shape index (κ2) is 7.59. The monoisotopic (exact) mass is 340 g/mol. The van der Waals surface area contributed by atoms with Crippen molar-refractivity contribution in [1.82, 2.24) is 0 Å². The molecule has 0 saturated carbocycles. The van der Waals surface area contributed by atoms with Crippen molar-refractivity contribution in [3.63, 3.8) is 0 Å². The fourth-order valence-electron chi connectivity index (χ4n) is 3.48. The molecular weight excluding hydrogens is 308 g/mol. The van der Waals surface area contributed by atoms with Crippen LogP contribution in [0.1, 0.15) is 64.7 Å². The molecule has 0 unspecified atom stereocenters. The third-order valence-corrected chi connectivity index (χ3v) is 5.84. The van der Waals surface area contributed by atoms with Gasteiger partial charge in [-0.15, -0.1) is 0 Å². The van der Waals surface area contributed by atoms with E-state index >= 15 is 0 Å². The summed E-state index contributed by atoms with van der Waals surface area (Å²) in [5.74, 6) is 0.265. The van der Waals surface area contributed by atoms with Crippen LogP contribution in [0.2, 0.25) is 0 Å². The lowest BCUT2D eigenvalue weighted by atomic mass is 9.75. The molecular formula is C23H32O2. The highest BCUT2D eigenvalue weighted by atomic mass is 16.5. The molecule has 25 heavy (non-hydrogen) atoms. The van der Waals surface area contributed by atoms with Crippen LogP contribution in [-0.4, -0.2) is 12.1 Å². The van der Waals surface area contributed by atoms with Crippen LogP contribution in [-0.2, 0) is 4.74 Å². The third kappa shape index (κ3) is 4.42. The Hall–Kier alpha value is -1.83. The van der Waals surface area contributed by atoms with E-state index in [-0.39, 0.29) is 22.9 Å². The molecule has 2 heteroatoms. The minimum Gasteiger partial charge on any atom is -0.458 e. The Kier molecular flexibility index (Phi) is 5.92. The molecule has 0 aromatic heterocycles. The standard InChI is InChI=1S/C23H32O2/c1-7-20(25-21(24)18-11-9-8-10-12-18)22(3,4)16-15-19-14-13-17(2)23(19,5)6/h8-13,15-16,19-20H,7,14H2,1-6H3/b16-15+/t19-,20+/m0/s1. The van der Waals surface area contributed by atoms with Gasteiger partial charge in [-0.05, 0) is 43.2 Å². The number of hydrogen-bond acceptors (Lipinski definition) is 2. The first kappa shape index (κ1) is 19.5. The van der Waals surface area contributed by atoms with E-state index in [4.69, 9.17) is 4.74 Å². The maximum Gasteiger partial charge on any atom is 0.338 e. The first-order valence-electron chi connectivity index (χ1n) is 9.31. The average Bonchev–Trinajstić information content (AvgIpc) is 2.84. The van der Waals surface area contributed by atoms with E-state index in [1.54, 1.807) is 12.1 Å². The van der Waals surface area contributed by atoms with Crippen LogP contribution in [0.5, 0.6) is 0 Å². The Morgan fingerprint density at radius 3 is 2.48 bits per heavy atom.